The highest BCUT2D eigenvalue weighted by atomic mass is 35.5. The van der Waals surface area contributed by atoms with Crippen LogP contribution in [-0.2, 0) is 4.74 Å². The van der Waals surface area contributed by atoms with Crippen molar-refractivity contribution in [1.29, 1.82) is 0 Å². The average molecular weight is 506 g/mol. The number of ether oxygens (including phenoxy) is 4. The lowest BCUT2D eigenvalue weighted by atomic mass is 9.98. The Bertz CT molecular complexity index is 1440. The van der Waals surface area contributed by atoms with Crippen molar-refractivity contribution in [2.75, 3.05) is 27.9 Å². The van der Waals surface area contributed by atoms with E-state index in [0.29, 0.717) is 50.0 Å². The third-order valence-corrected chi connectivity index (χ3v) is 5.99. The van der Waals surface area contributed by atoms with Crippen LogP contribution in [0.25, 0.3) is 22.2 Å². The first-order valence-corrected chi connectivity index (χ1v) is 11.4. The van der Waals surface area contributed by atoms with E-state index in [4.69, 9.17) is 35.5 Å². The standard InChI is InChI=1S/C28H24ClNO6/c1-16-25(20-10-5-6-11-21(20)30-26(16)17-8-7-9-19(29)12-17)28(32)36-15-22(31)18-13-23(33-2)27(35-4)24(14-18)34-3/h5-14H,15H2,1-4H3. The van der Waals surface area contributed by atoms with Crippen LogP contribution in [0.4, 0.5) is 0 Å². The topological polar surface area (TPSA) is 84.0 Å². The molecule has 4 rings (SSSR count). The van der Waals surface area contributed by atoms with Crippen molar-refractivity contribution < 1.29 is 28.5 Å². The molecule has 0 saturated carbocycles. The molecule has 0 radical (unpaired) electrons. The summed E-state index contributed by atoms with van der Waals surface area (Å²) in [7, 11) is 4.39. The van der Waals surface area contributed by atoms with Crippen LogP contribution < -0.4 is 14.2 Å². The predicted octanol–water partition coefficient (Wildman–Crippen LogP) is 5.93. The van der Waals surface area contributed by atoms with E-state index in [1.807, 2.05) is 30.3 Å². The summed E-state index contributed by atoms with van der Waals surface area (Å²) in [6.07, 6.45) is 0. The van der Waals surface area contributed by atoms with Crippen LogP contribution in [0.1, 0.15) is 26.3 Å². The van der Waals surface area contributed by atoms with Gasteiger partial charge in [-0.2, -0.15) is 0 Å². The number of halogens is 1. The van der Waals surface area contributed by atoms with Gasteiger partial charge in [0.15, 0.2) is 18.1 Å². The molecular weight excluding hydrogens is 482 g/mol. The van der Waals surface area contributed by atoms with Crippen LogP contribution in [0.3, 0.4) is 0 Å². The molecule has 0 atom stereocenters. The number of methoxy groups -OCH3 is 3. The lowest BCUT2D eigenvalue weighted by Crippen LogP contribution is -2.16. The van der Waals surface area contributed by atoms with E-state index in [9.17, 15) is 9.59 Å². The zero-order valence-corrected chi connectivity index (χ0v) is 21.0. The van der Waals surface area contributed by atoms with E-state index < -0.39 is 18.4 Å². The first-order chi connectivity index (χ1) is 17.4. The molecule has 0 aliphatic heterocycles. The summed E-state index contributed by atoms with van der Waals surface area (Å²) >= 11 is 6.19. The zero-order chi connectivity index (χ0) is 25.8. The Morgan fingerprint density at radius 1 is 0.889 bits per heavy atom. The van der Waals surface area contributed by atoms with Crippen molar-refractivity contribution >= 4 is 34.3 Å². The molecule has 0 saturated heterocycles. The Morgan fingerprint density at radius 2 is 1.58 bits per heavy atom. The Morgan fingerprint density at radius 3 is 2.22 bits per heavy atom. The Labute approximate surface area is 213 Å². The summed E-state index contributed by atoms with van der Waals surface area (Å²) < 4.78 is 21.4. The number of carbonyl (C=O) groups is 2. The molecule has 0 spiro atoms. The summed E-state index contributed by atoms with van der Waals surface area (Å²) in [4.78, 5) is 31.0. The number of fused-ring (bicyclic) bond motifs is 1. The molecule has 184 valence electrons. The molecule has 0 N–H and O–H groups in total. The van der Waals surface area contributed by atoms with Gasteiger partial charge in [0.05, 0.1) is 38.1 Å². The minimum Gasteiger partial charge on any atom is -0.493 e. The minimum absolute atomic E-state index is 0.258. The van der Waals surface area contributed by atoms with Crippen LogP contribution in [0.2, 0.25) is 5.02 Å². The number of pyridine rings is 1. The number of para-hydroxylation sites is 1. The van der Waals surface area contributed by atoms with E-state index >= 15 is 0 Å². The summed E-state index contributed by atoms with van der Waals surface area (Å²) in [5, 5.41) is 1.19. The Balaban J connectivity index is 1.67. The number of hydrogen-bond acceptors (Lipinski definition) is 7. The fourth-order valence-corrected chi connectivity index (χ4v) is 4.21. The molecule has 1 aromatic heterocycles. The van der Waals surface area contributed by atoms with Gasteiger partial charge >= 0.3 is 5.97 Å². The number of Topliss-reactive ketones (excluding diaryl/α,β-unsaturated/α-hetero) is 1. The first kappa shape index (κ1) is 25.0. The monoisotopic (exact) mass is 505 g/mol. The molecule has 0 unspecified atom stereocenters. The number of aromatic nitrogens is 1. The molecule has 0 aliphatic rings. The maximum absolute atomic E-state index is 13.3. The molecule has 7 nitrogen and oxygen atoms in total. The molecule has 0 amide bonds. The van der Waals surface area contributed by atoms with E-state index in [1.165, 1.54) is 33.5 Å². The van der Waals surface area contributed by atoms with Crippen molar-refractivity contribution in [2.45, 2.75) is 6.92 Å². The second kappa shape index (κ2) is 10.7. The Hall–Kier alpha value is -4.10. The molecule has 0 bridgehead atoms. The van der Waals surface area contributed by atoms with Crippen LogP contribution in [0.15, 0.2) is 60.7 Å². The van der Waals surface area contributed by atoms with Gasteiger partial charge in [-0.3, -0.25) is 4.79 Å². The highest BCUT2D eigenvalue weighted by molar-refractivity contribution is 6.30. The fraction of sp³-hybridized carbons (Fsp3) is 0.179. The third-order valence-electron chi connectivity index (χ3n) is 5.76. The van der Waals surface area contributed by atoms with E-state index in [1.54, 1.807) is 25.1 Å². The first-order valence-electron chi connectivity index (χ1n) is 11.0. The van der Waals surface area contributed by atoms with Crippen LogP contribution >= 0.6 is 11.6 Å². The van der Waals surface area contributed by atoms with Gasteiger partial charge < -0.3 is 18.9 Å². The van der Waals surface area contributed by atoms with Gasteiger partial charge in [-0.15, -0.1) is 0 Å². The van der Waals surface area contributed by atoms with E-state index in [-0.39, 0.29) is 5.56 Å². The molecule has 1 heterocycles. The van der Waals surface area contributed by atoms with Gasteiger partial charge in [-0.05, 0) is 42.8 Å². The number of ketones is 1. The van der Waals surface area contributed by atoms with Gasteiger partial charge in [0.1, 0.15) is 0 Å². The lowest BCUT2D eigenvalue weighted by Gasteiger charge is -2.15. The van der Waals surface area contributed by atoms with Gasteiger partial charge in [-0.1, -0.05) is 41.9 Å². The largest absolute Gasteiger partial charge is 0.493 e. The zero-order valence-electron chi connectivity index (χ0n) is 20.3. The van der Waals surface area contributed by atoms with E-state index in [2.05, 4.69) is 0 Å². The molecule has 0 fully saturated rings. The van der Waals surface area contributed by atoms with Crippen molar-refractivity contribution in [2.24, 2.45) is 0 Å². The number of carbonyl (C=O) groups excluding carboxylic acids is 2. The van der Waals surface area contributed by atoms with Gasteiger partial charge in [-0.25, -0.2) is 9.78 Å². The third kappa shape index (κ3) is 4.83. The van der Waals surface area contributed by atoms with Crippen molar-refractivity contribution in [1.82, 2.24) is 4.98 Å². The number of benzene rings is 3. The average Bonchev–Trinajstić information content (AvgIpc) is 2.90. The summed E-state index contributed by atoms with van der Waals surface area (Å²) in [6.45, 7) is 1.33. The van der Waals surface area contributed by atoms with E-state index in [0.717, 1.165) is 5.56 Å². The van der Waals surface area contributed by atoms with Crippen LogP contribution in [0, 0.1) is 6.92 Å². The summed E-state index contributed by atoms with van der Waals surface area (Å²) in [5.41, 5.74) is 3.23. The number of rotatable bonds is 8. The van der Waals surface area contributed by atoms with Crippen molar-refractivity contribution in [3.05, 3.63) is 82.4 Å². The molecule has 36 heavy (non-hydrogen) atoms. The molecule has 3 aromatic carbocycles. The van der Waals surface area contributed by atoms with Gasteiger partial charge in [0.2, 0.25) is 11.5 Å². The SMILES string of the molecule is COc1cc(C(=O)COC(=O)c2c(C)c(-c3cccc(Cl)c3)nc3ccccc23)cc(OC)c1OC. The smallest absolute Gasteiger partial charge is 0.339 e. The molecule has 0 aliphatic carbocycles. The number of nitrogens with zero attached hydrogens (tertiary/aromatic N) is 1. The summed E-state index contributed by atoms with van der Waals surface area (Å²) in [5.74, 6) is -0.0350. The second-order valence-corrected chi connectivity index (χ2v) is 8.34. The molecular formula is C28H24ClNO6. The van der Waals surface area contributed by atoms with Crippen LogP contribution in [0.5, 0.6) is 17.2 Å². The van der Waals surface area contributed by atoms with Crippen molar-refractivity contribution in [3.63, 3.8) is 0 Å². The second-order valence-electron chi connectivity index (χ2n) is 7.90. The predicted molar refractivity (Wildman–Crippen MR) is 138 cm³/mol. The maximum Gasteiger partial charge on any atom is 0.339 e. The number of esters is 1. The molecule has 8 heteroatoms. The quantitative estimate of drug-likeness (QED) is 0.217. The Kier molecular flexibility index (Phi) is 7.41. The van der Waals surface area contributed by atoms with Crippen molar-refractivity contribution in [3.8, 4) is 28.5 Å². The maximum atomic E-state index is 13.3. The molecule has 4 aromatic rings. The fourth-order valence-electron chi connectivity index (χ4n) is 4.02. The summed E-state index contributed by atoms with van der Waals surface area (Å²) in [6, 6.07) is 17.6. The van der Waals surface area contributed by atoms with Crippen LogP contribution in [-0.4, -0.2) is 44.7 Å². The highest BCUT2D eigenvalue weighted by Gasteiger charge is 2.22. The van der Waals surface area contributed by atoms with Gasteiger partial charge in [0, 0.05) is 21.5 Å². The van der Waals surface area contributed by atoms with Gasteiger partial charge in [0.25, 0.3) is 0 Å². The number of hydrogen-bond donors (Lipinski definition) is 0. The highest BCUT2D eigenvalue weighted by Crippen LogP contribution is 2.38. The minimum atomic E-state index is -0.629. The lowest BCUT2D eigenvalue weighted by molar-refractivity contribution is 0.0476. The normalized spacial score (nSPS) is 10.7.